The number of nitriles is 1. The molecule has 174 valence electrons. The smallest absolute Gasteiger partial charge is 0.213 e. The molecular formula is C25H20N6O3S. The van der Waals surface area contributed by atoms with Gasteiger partial charge in [0, 0.05) is 30.2 Å². The molecule has 2 aromatic carbocycles. The van der Waals surface area contributed by atoms with Crippen LogP contribution in [0.25, 0.3) is 22.6 Å². The fourth-order valence-corrected chi connectivity index (χ4v) is 4.55. The molecule has 0 unspecified atom stereocenters. The summed E-state index contributed by atoms with van der Waals surface area (Å²) in [4.78, 5) is 16.6. The Kier molecular flexibility index (Phi) is 5.76. The summed E-state index contributed by atoms with van der Waals surface area (Å²) in [6.45, 7) is 1.95. The van der Waals surface area contributed by atoms with Crippen LogP contribution in [0.2, 0.25) is 0 Å². The maximum atomic E-state index is 12.1. The summed E-state index contributed by atoms with van der Waals surface area (Å²) in [6.07, 6.45) is 5.00. The number of benzene rings is 2. The fourth-order valence-electron chi connectivity index (χ4n) is 3.67. The third kappa shape index (κ3) is 4.49. The molecule has 3 heterocycles. The maximum Gasteiger partial charge on any atom is 0.213 e. The molecule has 0 saturated heterocycles. The number of rotatable bonds is 7. The van der Waals surface area contributed by atoms with Gasteiger partial charge in [-0.15, -0.1) is 0 Å². The Hall–Kier alpha value is -4.49. The number of aromatic amines is 1. The van der Waals surface area contributed by atoms with Crippen molar-refractivity contribution in [2.75, 3.05) is 5.75 Å². The summed E-state index contributed by atoms with van der Waals surface area (Å²) in [5.74, 6) is 1.94. The number of pyridine rings is 1. The number of sulfone groups is 1. The molecule has 0 aliphatic rings. The Labute approximate surface area is 201 Å². The van der Waals surface area contributed by atoms with Crippen molar-refractivity contribution in [3.63, 3.8) is 0 Å². The first kappa shape index (κ1) is 22.3. The van der Waals surface area contributed by atoms with E-state index in [1.54, 1.807) is 42.2 Å². The lowest BCUT2D eigenvalue weighted by Crippen LogP contribution is -2.04. The van der Waals surface area contributed by atoms with Crippen molar-refractivity contribution in [1.29, 1.82) is 5.26 Å². The lowest BCUT2D eigenvalue weighted by Gasteiger charge is -2.13. The van der Waals surface area contributed by atoms with Gasteiger partial charge in [0.2, 0.25) is 5.82 Å². The molecule has 5 aromatic rings. The van der Waals surface area contributed by atoms with E-state index in [1.807, 2.05) is 30.3 Å². The quantitative estimate of drug-likeness (QED) is 0.364. The highest BCUT2D eigenvalue weighted by atomic mass is 32.2. The summed E-state index contributed by atoms with van der Waals surface area (Å²) in [5, 5.41) is 9.37. The predicted molar refractivity (Wildman–Crippen MR) is 130 cm³/mol. The van der Waals surface area contributed by atoms with E-state index in [0.29, 0.717) is 35.1 Å². The van der Waals surface area contributed by atoms with Crippen molar-refractivity contribution in [1.82, 2.24) is 24.5 Å². The zero-order chi connectivity index (χ0) is 24.4. The van der Waals surface area contributed by atoms with E-state index >= 15 is 0 Å². The normalized spacial score (nSPS) is 11.4. The molecule has 35 heavy (non-hydrogen) atoms. The molecule has 0 fully saturated rings. The molecule has 0 atom stereocenters. The highest BCUT2D eigenvalue weighted by molar-refractivity contribution is 7.91. The number of ether oxygens (including phenoxy) is 1. The Balaban J connectivity index is 1.56. The third-order valence-corrected chi connectivity index (χ3v) is 7.27. The van der Waals surface area contributed by atoms with Gasteiger partial charge in [-0.05, 0) is 42.5 Å². The summed E-state index contributed by atoms with van der Waals surface area (Å²) >= 11 is 0. The number of hydrogen-bond donors (Lipinski definition) is 1. The molecule has 0 aliphatic heterocycles. The predicted octanol–water partition coefficient (Wildman–Crippen LogP) is 4.33. The van der Waals surface area contributed by atoms with E-state index in [2.05, 4.69) is 26.0 Å². The van der Waals surface area contributed by atoms with Crippen LogP contribution in [0.1, 0.15) is 18.3 Å². The van der Waals surface area contributed by atoms with Crippen LogP contribution in [0, 0.1) is 11.3 Å². The Morgan fingerprint density at radius 1 is 1.09 bits per heavy atom. The second-order valence-electron chi connectivity index (χ2n) is 7.74. The molecule has 1 N–H and O–H groups in total. The second-order valence-corrected chi connectivity index (χ2v) is 10.0. The van der Waals surface area contributed by atoms with Gasteiger partial charge in [0.1, 0.15) is 23.3 Å². The minimum Gasteiger partial charge on any atom is -0.457 e. The molecule has 9 nitrogen and oxygen atoms in total. The van der Waals surface area contributed by atoms with E-state index in [0.717, 1.165) is 11.1 Å². The van der Waals surface area contributed by atoms with Crippen molar-refractivity contribution in [2.24, 2.45) is 0 Å². The largest absolute Gasteiger partial charge is 0.457 e. The maximum absolute atomic E-state index is 12.1. The Morgan fingerprint density at radius 3 is 2.63 bits per heavy atom. The number of nitrogens with one attached hydrogen (secondary N) is 1. The standard InChI is InChI=1S/C25H20N6O3S/c1-2-35(32,33)19-8-6-18(7-9-19)34-23-14-22-21(29-25(30-22)20-5-3-4-10-27-20)13-17(23)16-31-12-11-28-24(31)15-26/h3-14H,2,16H2,1H3,(H,29,30). The molecule has 0 radical (unpaired) electrons. The van der Waals surface area contributed by atoms with E-state index in [4.69, 9.17) is 4.74 Å². The van der Waals surface area contributed by atoms with Gasteiger partial charge in [-0.2, -0.15) is 5.26 Å². The van der Waals surface area contributed by atoms with Crippen molar-refractivity contribution in [2.45, 2.75) is 18.4 Å². The zero-order valence-corrected chi connectivity index (χ0v) is 19.5. The summed E-state index contributed by atoms with van der Waals surface area (Å²) in [5.41, 5.74) is 2.96. The molecule has 0 spiro atoms. The van der Waals surface area contributed by atoms with Crippen LogP contribution in [-0.2, 0) is 16.4 Å². The summed E-state index contributed by atoms with van der Waals surface area (Å²) in [7, 11) is -3.31. The molecule has 0 amide bonds. The van der Waals surface area contributed by atoms with Crippen molar-refractivity contribution >= 4 is 20.9 Å². The van der Waals surface area contributed by atoms with Gasteiger partial charge in [-0.25, -0.2) is 18.4 Å². The molecular weight excluding hydrogens is 464 g/mol. The fraction of sp³-hybridized carbons (Fsp3) is 0.120. The van der Waals surface area contributed by atoms with Gasteiger partial charge < -0.3 is 14.3 Å². The van der Waals surface area contributed by atoms with Gasteiger partial charge in [0.05, 0.1) is 28.2 Å². The average molecular weight is 485 g/mol. The van der Waals surface area contributed by atoms with Crippen LogP contribution in [0.15, 0.2) is 78.1 Å². The molecule has 10 heteroatoms. The molecule has 5 rings (SSSR count). The summed E-state index contributed by atoms with van der Waals surface area (Å²) < 4.78 is 32.2. The highest BCUT2D eigenvalue weighted by Crippen LogP contribution is 2.32. The van der Waals surface area contributed by atoms with Crippen LogP contribution >= 0.6 is 0 Å². The average Bonchev–Trinajstić information content (AvgIpc) is 3.51. The van der Waals surface area contributed by atoms with Crippen molar-refractivity contribution in [3.8, 4) is 29.1 Å². The highest BCUT2D eigenvalue weighted by Gasteiger charge is 2.16. The van der Waals surface area contributed by atoms with Crippen molar-refractivity contribution in [3.05, 3.63) is 84.6 Å². The van der Waals surface area contributed by atoms with Crippen LogP contribution < -0.4 is 4.74 Å². The van der Waals surface area contributed by atoms with Gasteiger partial charge in [-0.3, -0.25) is 4.98 Å². The molecule has 0 aliphatic carbocycles. The topological polar surface area (TPSA) is 127 Å². The third-order valence-electron chi connectivity index (χ3n) is 5.52. The van der Waals surface area contributed by atoms with Crippen LogP contribution in [0.4, 0.5) is 0 Å². The molecule has 0 saturated carbocycles. The first-order valence-electron chi connectivity index (χ1n) is 10.8. The first-order valence-corrected chi connectivity index (χ1v) is 12.5. The number of aromatic nitrogens is 5. The van der Waals surface area contributed by atoms with E-state index < -0.39 is 9.84 Å². The SMILES string of the molecule is CCS(=O)(=O)c1ccc(Oc2cc3nc(-c4ccccn4)[nH]c3cc2Cn2ccnc2C#N)cc1. The van der Waals surface area contributed by atoms with Gasteiger partial charge in [-0.1, -0.05) is 13.0 Å². The van der Waals surface area contributed by atoms with E-state index in [9.17, 15) is 13.7 Å². The van der Waals surface area contributed by atoms with Gasteiger partial charge in [0.25, 0.3) is 0 Å². The number of hydrogen-bond acceptors (Lipinski definition) is 7. The first-order chi connectivity index (χ1) is 17.0. The molecule has 3 aromatic heterocycles. The van der Waals surface area contributed by atoms with Crippen LogP contribution in [0.3, 0.4) is 0 Å². The van der Waals surface area contributed by atoms with Gasteiger partial charge in [0.15, 0.2) is 15.7 Å². The number of imidazole rings is 2. The zero-order valence-electron chi connectivity index (χ0n) is 18.7. The van der Waals surface area contributed by atoms with E-state index in [1.165, 1.54) is 12.1 Å². The van der Waals surface area contributed by atoms with E-state index in [-0.39, 0.29) is 16.5 Å². The number of nitrogens with zero attached hydrogens (tertiary/aromatic N) is 5. The summed E-state index contributed by atoms with van der Waals surface area (Å²) in [6, 6.07) is 17.7. The Morgan fingerprint density at radius 2 is 1.91 bits per heavy atom. The lowest BCUT2D eigenvalue weighted by molar-refractivity contribution is 0.474. The van der Waals surface area contributed by atoms with Crippen LogP contribution in [0.5, 0.6) is 11.5 Å². The lowest BCUT2D eigenvalue weighted by atomic mass is 10.1. The van der Waals surface area contributed by atoms with Crippen LogP contribution in [-0.4, -0.2) is 38.7 Å². The number of H-pyrrole nitrogens is 1. The second kappa shape index (κ2) is 9.04. The van der Waals surface area contributed by atoms with Gasteiger partial charge >= 0.3 is 0 Å². The van der Waals surface area contributed by atoms with Crippen molar-refractivity contribution < 1.29 is 13.2 Å². The minimum absolute atomic E-state index is 0.0257. The monoisotopic (exact) mass is 484 g/mol. The molecule has 0 bridgehead atoms. The number of fused-ring (bicyclic) bond motifs is 1. The minimum atomic E-state index is -3.31. The Bertz CT molecular complexity index is 1650.